The van der Waals surface area contributed by atoms with Gasteiger partial charge in [-0.1, -0.05) is 28.2 Å². The van der Waals surface area contributed by atoms with Crippen LogP contribution >= 0.6 is 33.2 Å². The quantitative estimate of drug-likeness (QED) is 0.168. The molecule has 0 aliphatic heterocycles. The summed E-state index contributed by atoms with van der Waals surface area (Å²) >= 11 is 16.5. The van der Waals surface area contributed by atoms with Crippen molar-refractivity contribution < 1.29 is 42.9 Å². The molecule has 0 aromatic carbocycles. The van der Waals surface area contributed by atoms with Crippen molar-refractivity contribution in [1.29, 1.82) is 0 Å². The molecular formula is C18H48BCl3NO9Si2. The van der Waals surface area contributed by atoms with Crippen molar-refractivity contribution in [2.24, 2.45) is 5.73 Å². The van der Waals surface area contributed by atoms with Gasteiger partial charge in [0.25, 0.3) is 0 Å². The van der Waals surface area contributed by atoms with E-state index in [1.165, 1.54) is 40.9 Å². The second-order valence-corrected chi connectivity index (χ2v) is 17.1. The summed E-state index contributed by atoms with van der Waals surface area (Å²) in [4.78, 5) is 30.0. The fourth-order valence-corrected chi connectivity index (χ4v) is 3.09. The number of rotatable bonds is 10. The van der Waals surface area contributed by atoms with Crippen molar-refractivity contribution in [3.8, 4) is 0 Å². The Labute approximate surface area is 225 Å². The summed E-state index contributed by atoms with van der Waals surface area (Å²) in [6, 6.07) is -2.00. The minimum absolute atomic E-state index is 0. The van der Waals surface area contributed by atoms with Gasteiger partial charge in [-0.05, 0) is 13.0 Å². The van der Waals surface area contributed by atoms with E-state index in [-0.39, 0.29) is 54.5 Å². The molecule has 211 valence electrons. The second kappa shape index (κ2) is 40.2. The fraction of sp³-hybridized carbons (Fsp3) is 0.889. The SMILES string of the molecule is C.C.CC(=O)OCC[Si](Cl)(Cl)Cl.CCCCN.CO.CO.CO[Si](O)(CCOC(C)=O)OC.[B]. The molecule has 0 aromatic rings. The second-order valence-electron chi connectivity index (χ2n) is 5.06. The molecule has 0 saturated heterocycles. The minimum atomic E-state index is -3.04. The standard InChI is InChI=1S/C6H14O5Si.C4H7Cl3O2Si.C4H11N.2CH4O.2CH4.B/c1-6(7)11-4-5-12(8,9-2)10-3;1-4(8)9-2-3-10(5,6)7;1-2-3-4-5;2*1-2;;;/h8H,4-5H2,1-3H3;2-3H2,1H3;2-5H2,1H3;2*2H,1H3;2*1H4;. The Morgan fingerprint density at radius 3 is 1.35 bits per heavy atom. The minimum Gasteiger partial charge on any atom is -0.466 e. The van der Waals surface area contributed by atoms with Gasteiger partial charge in [0.05, 0.1) is 19.3 Å². The summed E-state index contributed by atoms with van der Waals surface area (Å²) in [7, 11) is 1.69. The van der Waals surface area contributed by atoms with Crippen molar-refractivity contribution in [1.82, 2.24) is 0 Å². The summed E-state index contributed by atoms with van der Waals surface area (Å²) in [5.41, 5.74) is 5.14. The average Bonchev–Trinajstić information content (AvgIpc) is 2.71. The number of aliphatic hydroxyl groups is 2. The highest BCUT2D eigenvalue weighted by atomic mass is 35.8. The van der Waals surface area contributed by atoms with Crippen LogP contribution < -0.4 is 5.73 Å². The molecule has 0 aromatic heterocycles. The molecule has 3 radical (unpaired) electrons. The third-order valence-corrected chi connectivity index (χ3v) is 7.19. The lowest BCUT2D eigenvalue weighted by Gasteiger charge is -2.18. The smallest absolute Gasteiger partial charge is 0.466 e. The van der Waals surface area contributed by atoms with Gasteiger partial charge in [-0.25, -0.2) is 0 Å². The average molecular weight is 596 g/mol. The third-order valence-electron chi connectivity index (χ3n) is 2.61. The Morgan fingerprint density at radius 2 is 1.18 bits per heavy atom. The first-order valence-corrected chi connectivity index (χ1v) is 16.3. The Bertz CT molecular complexity index is 396. The molecule has 0 fully saturated rings. The van der Waals surface area contributed by atoms with E-state index in [9.17, 15) is 14.4 Å². The number of nitrogens with two attached hydrogens (primary N) is 1. The predicted molar refractivity (Wildman–Crippen MR) is 148 cm³/mol. The van der Waals surface area contributed by atoms with Crippen LogP contribution in [0.5, 0.6) is 0 Å². The molecule has 0 spiro atoms. The molecule has 0 saturated carbocycles. The van der Waals surface area contributed by atoms with Crippen molar-refractivity contribution in [2.75, 3.05) is 48.2 Å². The lowest BCUT2D eigenvalue weighted by molar-refractivity contribution is -0.141. The molecule has 0 aliphatic rings. The zero-order chi connectivity index (χ0) is 25.9. The molecule has 0 bridgehead atoms. The van der Waals surface area contributed by atoms with Crippen LogP contribution in [-0.2, 0) is 27.9 Å². The molecule has 0 atom stereocenters. The van der Waals surface area contributed by atoms with Gasteiger partial charge in [-0.15, -0.1) is 33.2 Å². The molecule has 10 nitrogen and oxygen atoms in total. The molecule has 0 aliphatic carbocycles. The number of aliphatic hydroxyl groups excluding tert-OH is 2. The Hall–Kier alpha value is 0.0687. The van der Waals surface area contributed by atoms with E-state index < -0.39 is 14.8 Å². The summed E-state index contributed by atoms with van der Waals surface area (Å²) < 4.78 is 18.7. The largest absolute Gasteiger partial charge is 0.501 e. The van der Waals surface area contributed by atoms with E-state index in [4.69, 9.17) is 58.0 Å². The normalized spacial score (nSPS) is 8.88. The van der Waals surface area contributed by atoms with Crippen LogP contribution in [0.25, 0.3) is 0 Å². The van der Waals surface area contributed by atoms with E-state index in [1.54, 1.807) is 0 Å². The first-order chi connectivity index (χ1) is 14.4. The molecule has 0 heterocycles. The highest BCUT2D eigenvalue weighted by Gasteiger charge is 2.34. The van der Waals surface area contributed by atoms with Gasteiger partial charge in [-0.2, -0.15) is 0 Å². The maximum absolute atomic E-state index is 10.3. The zero-order valence-corrected chi connectivity index (χ0v) is 24.3. The van der Waals surface area contributed by atoms with E-state index in [0.29, 0.717) is 6.04 Å². The summed E-state index contributed by atoms with van der Waals surface area (Å²) in [6.45, 7) is 5.93. The van der Waals surface area contributed by atoms with Crippen LogP contribution in [0.1, 0.15) is 48.5 Å². The molecule has 34 heavy (non-hydrogen) atoms. The van der Waals surface area contributed by atoms with Crippen LogP contribution in [-0.4, -0.2) is 98.4 Å². The number of hydrogen-bond donors (Lipinski definition) is 4. The Kier molecular flexibility index (Phi) is 64.9. The maximum Gasteiger partial charge on any atom is 0.501 e. The molecule has 0 amide bonds. The highest BCUT2D eigenvalue weighted by molar-refractivity contribution is 7.64. The van der Waals surface area contributed by atoms with Gasteiger partial charge in [0.1, 0.15) is 0 Å². The van der Waals surface area contributed by atoms with Gasteiger partial charge in [0.2, 0.25) is 0 Å². The Morgan fingerprint density at radius 1 is 0.853 bits per heavy atom. The first kappa shape index (κ1) is 54.8. The third kappa shape index (κ3) is 63.6. The number of esters is 2. The lowest BCUT2D eigenvalue weighted by Crippen LogP contribution is -2.41. The van der Waals surface area contributed by atoms with Crippen LogP contribution in [0.4, 0.5) is 0 Å². The van der Waals surface area contributed by atoms with Crippen LogP contribution in [0.2, 0.25) is 12.1 Å². The molecule has 5 N–H and O–H groups in total. The van der Waals surface area contributed by atoms with E-state index >= 15 is 0 Å². The van der Waals surface area contributed by atoms with Gasteiger partial charge in [0.15, 0.2) is 0 Å². The van der Waals surface area contributed by atoms with Crippen molar-refractivity contribution in [3.63, 3.8) is 0 Å². The van der Waals surface area contributed by atoms with Crippen molar-refractivity contribution >= 4 is 68.4 Å². The van der Waals surface area contributed by atoms with Crippen LogP contribution in [0.15, 0.2) is 0 Å². The number of carbonyl (C=O) groups is 2. The monoisotopic (exact) mass is 594 g/mol. The topological polar surface area (TPSA) is 158 Å². The summed E-state index contributed by atoms with van der Waals surface area (Å²) in [5.74, 6) is -0.721. The van der Waals surface area contributed by atoms with Gasteiger partial charge in [0, 0.05) is 56.7 Å². The van der Waals surface area contributed by atoms with Crippen molar-refractivity contribution in [2.45, 2.75) is 60.6 Å². The molecule has 0 unspecified atom stereocenters. The van der Waals surface area contributed by atoms with Gasteiger partial charge in [-0.3, -0.25) is 9.59 Å². The maximum atomic E-state index is 10.3. The number of halogens is 3. The fourth-order valence-electron chi connectivity index (χ4n) is 1.13. The number of carbonyl (C=O) groups excluding carboxylic acids is 2. The zero-order valence-electron chi connectivity index (χ0n) is 20.0. The molecule has 16 heteroatoms. The summed E-state index contributed by atoms with van der Waals surface area (Å²) in [6.07, 6.45) is 2.39. The van der Waals surface area contributed by atoms with E-state index in [2.05, 4.69) is 16.4 Å². The number of hydrogen-bond acceptors (Lipinski definition) is 10. The lowest BCUT2D eigenvalue weighted by atomic mass is 10.3. The summed E-state index contributed by atoms with van der Waals surface area (Å²) in [5, 5.41) is 14.0. The highest BCUT2D eigenvalue weighted by Crippen LogP contribution is 2.24. The Balaban J connectivity index is -0.0000000466. The van der Waals surface area contributed by atoms with Gasteiger partial charge < -0.3 is 39.1 Å². The van der Waals surface area contributed by atoms with Gasteiger partial charge >= 0.3 is 26.7 Å². The number of ether oxygens (including phenoxy) is 2. The predicted octanol–water partition coefficient (Wildman–Crippen LogP) is 2.83. The van der Waals surface area contributed by atoms with Crippen LogP contribution in [0, 0.1) is 0 Å². The molecular weight excluding hydrogens is 548 g/mol. The molecule has 0 rings (SSSR count). The van der Waals surface area contributed by atoms with E-state index in [1.807, 2.05) is 0 Å². The van der Waals surface area contributed by atoms with E-state index in [0.717, 1.165) is 20.8 Å². The first-order valence-electron chi connectivity index (χ1n) is 9.13. The van der Waals surface area contributed by atoms with Crippen molar-refractivity contribution in [3.05, 3.63) is 0 Å². The number of unbranched alkanes of at least 4 members (excludes halogenated alkanes) is 1. The van der Waals surface area contributed by atoms with Crippen LogP contribution in [0.3, 0.4) is 0 Å².